The lowest BCUT2D eigenvalue weighted by Crippen LogP contribution is -2.21. The molecule has 8 heteroatoms. The molecule has 0 saturated heterocycles. The molecule has 0 aliphatic rings. The first-order valence-electron chi connectivity index (χ1n) is 9.80. The maximum atomic E-state index is 9.51. The Bertz CT molecular complexity index is 996. The van der Waals surface area contributed by atoms with Gasteiger partial charge in [-0.05, 0) is 61.6 Å². The number of benzene rings is 1. The van der Waals surface area contributed by atoms with Gasteiger partial charge in [0, 0.05) is 16.8 Å². The van der Waals surface area contributed by atoms with Gasteiger partial charge in [-0.3, -0.25) is 0 Å². The normalized spacial score (nSPS) is 12.4. The minimum Gasteiger partial charge on any atom is -0.490 e. The number of aliphatic hydroxyl groups excluding tert-OH is 2. The van der Waals surface area contributed by atoms with E-state index in [1.807, 2.05) is 32.0 Å². The third kappa shape index (κ3) is 5.36. The first kappa shape index (κ1) is 22.2. The Morgan fingerprint density at radius 2 is 1.77 bits per heavy atom. The maximum Gasteiger partial charge on any atom is 0.258 e. The SMILES string of the molecule is Cc1cc(-c2noc(-c3cc(Cl)nc(CC(C)C)c3)n2)cc(C)c1OC[C@@H](O)CO. The fourth-order valence-electron chi connectivity index (χ4n) is 3.19. The molecule has 0 radical (unpaired) electrons. The quantitative estimate of drug-likeness (QED) is 0.519. The third-order valence-corrected chi connectivity index (χ3v) is 4.68. The van der Waals surface area contributed by atoms with Crippen molar-refractivity contribution in [2.75, 3.05) is 13.2 Å². The highest BCUT2D eigenvalue weighted by Gasteiger charge is 2.16. The van der Waals surface area contributed by atoms with Gasteiger partial charge in [0.1, 0.15) is 23.6 Å². The van der Waals surface area contributed by atoms with E-state index in [4.69, 9.17) is 26.0 Å². The van der Waals surface area contributed by atoms with E-state index < -0.39 is 6.10 Å². The van der Waals surface area contributed by atoms with Crippen molar-refractivity contribution in [2.24, 2.45) is 5.92 Å². The van der Waals surface area contributed by atoms with Crippen LogP contribution in [0.2, 0.25) is 5.15 Å². The Kier molecular flexibility index (Phi) is 7.07. The summed E-state index contributed by atoms with van der Waals surface area (Å²) in [6.45, 7) is 7.72. The molecular weight excluding hydrogens is 406 g/mol. The number of nitrogens with zero attached hydrogens (tertiary/aromatic N) is 3. The highest BCUT2D eigenvalue weighted by molar-refractivity contribution is 6.29. The van der Waals surface area contributed by atoms with Crippen LogP contribution in [-0.2, 0) is 6.42 Å². The van der Waals surface area contributed by atoms with Crippen molar-refractivity contribution in [1.29, 1.82) is 0 Å². The van der Waals surface area contributed by atoms with E-state index in [0.717, 1.165) is 34.4 Å². The van der Waals surface area contributed by atoms with Crippen LogP contribution in [0.3, 0.4) is 0 Å². The minimum atomic E-state index is -0.920. The number of halogens is 1. The number of rotatable bonds is 8. The second-order valence-electron chi connectivity index (χ2n) is 7.78. The zero-order valence-corrected chi connectivity index (χ0v) is 18.3. The van der Waals surface area contributed by atoms with Crippen LogP contribution in [0.15, 0.2) is 28.8 Å². The molecule has 1 atom stereocenters. The van der Waals surface area contributed by atoms with Crippen LogP contribution >= 0.6 is 11.6 Å². The van der Waals surface area contributed by atoms with E-state index in [2.05, 4.69) is 29.0 Å². The molecule has 2 N–H and O–H groups in total. The molecule has 2 aromatic heterocycles. The predicted octanol–water partition coefficient (Wildman–Crippen LogP) is 4.00. The summed E-state index contributed by atoms with van der Waals surface area (Å²) in [5.74, 6) is 1.94. The first-order chi connectivity index (χ1) is 14.3. The summed E-state index contributed by atoms with van der Waals surface area (Å²) >= 11 is 6.18. The first-order valence-corrected chi connectivity index (χ1v) is 10.2. The third-order valence-electron chi connectivity index (χ3n) is 4.49. The summed E-state index contributed by atoms with van der Waals surface area (Å²) in [6.07, 6.45) is -0.115. The molecule has 0 aliphatic carbocycles. The van der Waals surface area contributed by atoms with Gasteiger partial charge in [0.05, 0.1) is 6.61 Å². The van der Waals surface area contributed by atoms with E-state index in [1.165, 1.54) is 0 Å². The van der Waals surface area contributed by atoms with Crippen molar-refractivity contribution in [1.82, 2.24) is 15.1 Å². The summed E-state index contributed by atoms with van der Waals surface area (Å²) < 4.78 is 11.1. The van der Waals surface area contributed by atoms with Crippen LogP contribution < -0.4 is 4.74 Å². The second kappa shape index (κ2) is 9.55. The molecule has 2 heterocycles. The van der Waals surface area contributed by atoms with Crippen molar-refractivity contribution in [2.45, 2.75) is 40.2 Å². The molecule has 3 rings (SSSR count). The second-order valence-corrected chi connectivity index (χ2v) is 8.16. The Morgan fingerprint density at radius 3 is 2.40 bits per heavy atom. The monoisotopic (exact) mass is 431 g/mol. The Labute approximate surface area is 180 Å². The van der Waals surface area contributed by atoms with E-state index >= 15 is 0 Å². The van der Waals surface area contributed by atoms with Gasteiger partial charge in [-0.15, -0.1) is 0 Å². The minimum absolute atomic E-state index is 0.0192. The molecule has 7 nitrogen and oxygen atoms in total. The Balaban J connectivity index is 1.87. The molecule has 0 bridgehead atoms. The summed E-state index contributed by atoms with van der Waals surface area (Å²) in [6, 6.07) is 7.42. The summed E-state index contributed by atoms with van der Waals surface area (Å²) in [4.78, 5) is 8.89. The van der Waals surface area contributed by atoms with Crippen molar-refractivity contribution in [3.8, 4) is 28.6 Å². The van der Waals surface area contributed by atoms with E-state index in [0.29, 0.717) is 28.5 Å². The van der Waals surface area contributed by atoms with E-state index in [9.17, 15) is 5.11 Å². The summed E-state index contributed by atoms with van der Waals surface area (Å²) in [5.41, 5.74) is 4.14. The van der Waals surface area contributed by atoms with E-state index in [-0.39, 0.29) is 13.2 Å². The van der Waals surface area contributed by atoms with Crippen LogP contribution in [0, 0.1) is 19.8 Å². The molecule has 0 aliphatic heterocycles. The molecular formula is C22H26ClN3O4. The van der Waals surface area contributed by atoms with Crippen molar-refractivity contribution in [3.05, 3.63) is 46.2 Å². The van der Waals surface area contributed by atoms with Crippen molar-refractivity contribution < 1.29 is 19.5 Å². The molecule has 0 unspecified atom stereocenters. The lowest BCUT2D eigenvalue weighted by atomic mass is 10.0. The van der Waals surface area contributed by atoms with Crippen LogP contribution in [0.5, 0.6) is 5.75 Å². The van der Waals surface area contributed by atoms with Crippen LogP contribution in [0.1, 0.15) is 30.7 Å². The van der Waals surface area contributed by atoms with Gasteiger partial charge in [0.15, 0.2) is 0 Å². The molecule has 0 spiro atoms. The van der Waals surface area contributed by atoms with Crippen molar-refractivity contribution >= 4 is 11.6 Å². The van der Waals surface area contributed by atoms with Gasteiger partial charge in [-0.25, -0.2) is 4.98 Å². The molecule has 1 aromatic carbocycles. The van der Waals surface area contributed by atoms with Gasteiger partial charge in [-0.1, -0.05) is 30.6 Å². The number of pyridine rings is 1. The van der Waals surface area contributed by atoms with E-state index in [1.54, 1.807) is 6.07 Å². The number of aryl methyl sites for hydroxylation is 2. The number of ether oxygens (including phenoxy) is 1. The molecule has 30 heavy (non-hydrogen) atoms. The highest BCUT2D eigenvalue weighted by Crippen LogP contribution is 2.31. The molecule has 0 saturated carbocycles. The Hall–Kier alpha value is -2.48. The zero-order valence-electron chi connectivity index (χ0n) is 17.5. The highest BCUT2D eigenvalue weighted by atomic mass is 35.5. The van der Waals surface area contributed by atoms with Gasteiger partial charge in [-0.2, -0.15) is 4.98 Å². The van der Waals surface area contributed by atoms with Crippen molar-refractivity contribution in [3.63, 3.8) is 0 Å². The molecule has 0 amide bonds. The zero-order chi connectivity index (χ0) is 21.8. The Morgan fingerprint density at radius 1 is 1.07 bits per heavy atom. The molecule has 160 valence electrons. The van der Waals surface area contributed by atoms with Gasteiger partial charge < -0.3 is 19.5 Å². The smallest absolute Gasteiger partial charge is 0.258 e. The van der Waals surface area contributed by atoms with Crippen LogP contribution in [0.4, 0.5) is 0 Å². The largest absolute Gasteiger partial charge is 0.490 e. The number of hydrogen-bond donors (Lipinski definition) is 2. The number of aromatic nitrogens is 3. The summed E-state index contributed by atoms with van der Waals surface area (Å²) in [5, 5.41) is 23.0. The van der Waals surface area contributed by atoms with Gasteiger partial charge >= 0.3 is 0 Å². The lowest BCUT2D eigenvalue weighted by molar-refractivity contribution is 0.0532. The molecule has 3 aromatic rings. The number of aliphatic hydroxyl groups is 2. The lowest BCUT2D eigenvalue weighted by Gasteiger charge is -2.15. The fourth-order valence-corrected chi connectivity index (χ4v) is 3.42. The maximum absolute atomic E-state index is 9.51. The van der Waals surface area contributed by atoms with Crippen LogP contribution in [0.25, 0.3) is 22.8 Å². The topological polar surface area (TPSA) is 102 Å². The average Bonchev–Trinajstić information content (AvgIpc) is 3.16. The van der Waals surface area contributed by atoms with Crippen LogP contribution in [-0.4, -0.2) is 44.7 Å². The average molecular weight is 432 g/mol. The predicted molar refractivity (Wildman–Crippen MR) is 115 cm³/mol. The molecule has 0 fully saturated rings. The summed E-state index contributed by atoms with van der Waals surface area (Å²) in [7, 11) is 0. The number of hydrogen-bond acceptors (Lipinski definition) is 7. The standard InChI is InChI=1S/C22H26ClN3O4/c1-12(2)5-17-8-16(9-19(23)24-17)22-25-21(26-30-22)15-6-13(3)20(14(4)7-15)29-11-18(28)10-27/h6-9,12,18,27-28H,5,10-11H2,1-4H3/t18-/m0/s1. The van der Waals surface area contributed by atoms with Gasteiger partial charge in [0.25, 0.3) is 5.89 Å². The van der Waals surface area contributed by atoms with Gasteiger partial charge in [0.2, 0.25) is 5.82 Å². The fraction of sp³-hybridized carbons (Fsp3) is 0.409.